The highest BCUT2D eigenvalue weighted by Crippen LogP contribution is 2.09. The molecule has 0 radical (unpaired) electrons. The molecule has 3 N–H and O–H groups in total. The minimum Gasteiger partial charge on any atom is -0.338 e. The fourth-order valence-corrected chi connectivity index (χ4v) is 1.52. The second-order valence-corrected chi connectivity index (χ2v) is 3.95. The molecule has 6 nitrogen and oxygen atoms in total. The van der Waals surface area contributed by atoms with Crippen LogP contribution in [0.1, 0.15) is 24.2 Å². The number of aromatic nitrogens is 1. The molecular formula is C12H17N5O. The standard InChI is InChI=1S/C12H17N5O/c1-3-17(8-9(2)6-13)12(18)10-4-5-11(16-14)15-7-10/h4-5,7,9H,3,8,14H2,1-2H3,(H,15,16). The van der Waals surface area contributed by atoms with E-state index in [4.69, 9.17) is 11.1 Å². The maximum Gasteiger partial charge on any atom is 0.255 e. The van der Waals surface area contributed by atoms with Crippen LogP contribution in [-0.4, -0.2) is 28.9 Å². The van der Waals surface area contributed by atoms with Crippen molar-refractivity contribution in [3.8, 4) is 6.07 Å². The first kappa shape index (κ1) is 13.9. The molecule has 1 unspecified atom stereocenters. The van der Waals surface area contributed by atoms with Crippen LogP contribution in [0.5, 0.6) is 0 Å². The normalized spacial score (nSPS) is 11.4. The Bertz CT molecular complexity index is 437. The monoisotopic (exact) mass is 247 g/mol. The molecular weight excluding hydrogens is 230 g/mol. The Morgan fingerprint density at radius 1 is 1.67 bits per heavy atom. The molecule has 0 aliphatic carbocycles. The van der Waals surface area contributed by atoms with Crippen LogP contribution in [0.4, 0.5) is 5.82 Å². The average Bonchev–Trinajstić information content (AvgIpc) is 2.43. The summed E-state index contributed by atoms with van der Waals surface area (Å²) in [7, 11) is 0. The Labute approximate surface area is 106 Å². The number of nitriles is 1. The average molecular weight is 247 g/mol. The topological polar surface area (TPSA) is 95.0 Å². The lowest BCUT2D eigenvalue weighted by Crippen LogP contribution is -2.34. The van der Waals surface area contributed by atoms with Crippen molar-refractivity contribution in [1.29, 1.82) is 5.26 Å². The van der Waals surface area contributed by atoms with E-state index in [9.17, 15) is 4.79 Å². The highest BCUT2D eigenvalue weighted by atomic mass is 16.2. The van der Waals surface area contributed by atoms with Crippen molar-refractivity contribution in [3.05, 3.63) is 23.9 Å². The highest BCUT2D eigenvalue weighted by molar-refractivity contribution is 5.94. The van der Waals surface area contributed by atoms with Crippen LogP contribution in [0.15, 0.2) is 18.3 Å². The summed E-state index contributed by atoms with van der Waals surface area (Å²) in [6, 6.07) is 5.41. The molecule has 0 aliphatic heterocycles. The second-order valence-electron chi connectivity index (χ2n) is 3.95. The number of nitrogens with two attached hydrogens (primary N) is 1. The Morgan fingerprint density at radius 2 is 2.39 bits per heavy atom. The van der Waals surface area contributed by atoms with Gasteiger partial charge in [0.2, 0.25) is 0 Å². The van der Waals surface area contributed by atoms with Crippen LogP contribution in [-0.2, 0) is 0 Å². The lowest BCUT2D eigenvalue weighted by atomic mass is 10.1. The summed E-state index contributed by atoms with van der Waals surface area (Å²) < 4.78 is 0. The van der Waals surface area contributed by atoms with Crippen LogP contribution in [0, 0.1) is 17.2 Å². The molecule has 0 saturated carbocycles. The van der Waals surface area contributed by atoms with Gasteiger partial charge in [-0.05, 0) is 26.0 Å². The van der Waals surface area contributed by atoms with E-state index in [1.165, 1.54) is 6.20 Å². The van der Waals surface area contributed by atoms with E-state index in [2.05, 4.69) is 16.5 Å². The molecule has 0 aliphatic rings. The molecule has 0 saturated heterocycles. The zero-order valence-electron chi connectivity index (χ0n) is 10.6. The molecule has 0 aromatic carbocycles. The first-order chi connectivity index (χ1) is 8.62. The predicted octanol–water partition coefficient (Wildman–Crippen LogP) is 0.989. The number of hydrogen-bond acceptors (Lipinski definition) is 5. The summed E-state index contributed by atoms with van der Waals surface area (Å²) in [6.45, 7) is 4.64. The van der Waals surface area contributed by atoms with Gasteiger partial charge >= 0.3 is 0 Å². The minimum absolute atomic E-state index is 0.129. The summed E-state index contributed by atoms with van der Waals surface area (Å²) in [6.07, 6.45) is 1.47. The Balaban J connectivity index is 2.80. The minimum atomic E-state index is -0.188. The highest BCUT2D eigenvalue weighted by Gasteiger charge is 2.16. The third-order valence-corrected chi connectivity index (χ3v) is 2.54. The van der Waals surface area contributed by atoms with Crippen molar-refractivity contribution in [2.75, 3.05) is 18.5 Å². The number of hydrazine groups is 1. The molecule has 0 bridgehead atoms. The number of nitrogen functional groups attached to an aromatic ring is 1. The van der Waals surface area contributed by atoms with Gasteiger partial charge in [-0.2, -0.15) is 5.26 Å². The Hall–Kier alpha value is -2.13. The molecule has 0 fully saturated rings. The zero-order chi connectivity index (χ0) is 13.5. The van der Waals surface area contributed by atoms with E-state index < -0.39 is 0 Å². The van der Waals surface area contributed by atoms with Gasteiger partial charge in [0.05, 0.1) is 17.6 Å². The van der Waals surface area contributed by atoms with Gasteiger partial charge in [-0.15, -0.1) is 0 Å². The van der Waals surface area contributed by atoms with E-state index in [1.54, 1.807) is 24.0 Å². The van der Waals surface area contributed by atoms with Gasteiger partial charge in [0.15, 0.2) is 0 Å². The smallest absolute Gasteiger partial charge is 0.255 e. The van der Waals surface area contributed by atoms with Gasteiger partial charge in [0, 0.05) is 19.3 Å². The van der Waals surface area contributed by atoms with Crippen LogP contribution < -0.4 is 11.3 Å². The van der Waals surface area contributed by atoms with Crippen molar-refractivity contribution in [2.45, 2.75) is 13.8 Å². The lowest BCUT2D eigenvalue weighted by molar-refractivity contribution is 0.0752. The predicted molar refractivity (Wildman–Crippen MR) is 68.4 cm³/mol. The summed E-state index contributed by atoms with van der Waals surface area (Å²) in [4.78, 5) is 17.8. The number of carbonyl (C=O) groups is 1. The third kappa shape index (κ3) is 3.43. The molecule has 1 atom stereocenters. The molecule has 96 valence electrons. The Kier molecular flexibility index (Phi) is 5.08. The molecule has 0 spiro atoms. The van der Waals surface area contributed by atoms with Crippen molar-refractivity contribution < 1.29 is 4.79 Å². The maximum absolute atomic E-state index is 12.2. The summed E-state index contributed by atoms with van der Waals surface area (Å²) >= 11 is 0. The van der Waals surface area contributed by atoms with Crippen molar-refractivity contribution in [1.82, 2.24) is 9.88 Å². The van der Waals surface area contributed by atoms with Crippen molar-refractivity contribution in [2.24, 2.45) is 11.8 Å². The zero-order valence-corrected chi connectivity index (χ0v) is 10.6. The van der Waals surface area contributed by atoms with Crippen molar-refractivity contribution in [3.63, 3.8) is 0 Å². The number of pyridine rings is 1. The fourth-order valence-electron chi connectivity index (χ4n) is 1.52. The van der Waals surface area contributed by atoms with E-state index in [0.29, 0.717) is 24.5 Å². The van der Waals surface area contributed by atoms with E-state index in [-0.39, 0.29) is 11.8 Å². The second kappa shape index (κ2) is 6.57. The van der Waals surface area contributed by atoms with Gasteiger partial charge in [-0.3, -0.25) is 4.79 Å². The van der Waals surface area contributed by atoms with Crippen LogP contribution in [0.25, 0.3) is 0 Å². The van der Waals surface area contributed by atoms with Crippen LogP contribution in [0.3, 0.4) is 0 Å². The van der Waals surface area contributed by atoms with Gasteiger partial charge in [0.25, 0.3) is 5.91 Å². The van der Waals surface area contributed by atoms with Gasteiger partial charge in [0.1, 0.15) is 5.82 Å². The lowest BCUT2D eigenvalue weighted by Gasteiger charge is -2.21. The maximum atomic E-state index is 12.2. The molecule has 1 aromatic heterocycles. The van der Waals surface area contributed by atoms with E-state index in [1.807, 2.05) is 6.92 Å². The third-order valence-electron chi connectivity index (χ3n) is 2.54. The number of nitrogens with zero attached hydrogens (tertiary/aromatic N) is 3. The fraction of sp³-hybridized carbons (Fsp3) is 0.417. The van der Waals surface area contributed by atoms with Gasteiger partial charge in [-0.1, -0.05) is 0 Å². The van der Waals surface area contributed by atoms with Gasteiger partial charge in [-0.25, -0.2) is 10.8 Å². The number of nitrogens with one attached hydrogen (secondary N) is 1. The molecule has 18 heavy (non-hydrogen) atoms. The molecule has 1 rings (SSSR count). The van der Waals surface area contributed by atoms with Crippen LogP contribution >= 0.6 is 0 Å². The summed E-state index contributed by atoms with van der Waals surface area (Å²) in [5, 5.41) is 8.78. The number of amides is 1. The first-order valence-corrected chi connectivity index (χ1v) is 5.74. The first-order valence-electron chi connectivity index (χ1n) is 5.74. The number of rotatable bonds is 5. The van der Waals surface area contributed by atoms with Crippen LogP contribution in [0.2, 0.25) is 0 Å². The Morgan fingerprint density at radius 3 is 2.83 bits per heavy atom. The van der Waals surface area contributed by atoms with E-state index >= 15 is 0 Å². The summed E-state index contributed by atoms with van der Waals surface area (Å²) in [5.74, 6) is 5.38. The quantitative estimate of drug-likeness (QED) is 0.597. The summed E-state index contributed by atoms with van der Waals surface area (Å²) in [5.41, 5.74) is 2.89. The molecule has 1 aromatic rings. The number of hydrogen-bond donors (Lipinski definition) is 2. The largest absolute Gasteiger partial charge is 0.338 e. The number of anilines is 1. The molecule has 1 amide bonds. The van der Waals surface area contributed by atoms with Gasteiger partial charge < -0.3 is 10.3 Å². The SMILES string of the molecule is CCN(CC(C)C#N)C(=O)c1ccc(NN)nc1. The molecule has 1 heterocycles. The van der Waals surface area contributed by atoms with E-state index in [0.717, 1.165) is 0 Å². The molecule has 6 heteroatoms. The number of carbonyl (C=O) groups excluding carboxylic acids is 1. The van der Waals surface area contributed by atoms with Crippen molar-refractivity contribution >= 4 is 11.7 Å².